The number of aromatic nitrogens is 4. The standard InChI is InChI=1S/C8H10N4OS/c1-8(2,3)5-6(13)12-7(11-10-5)14-4-9-12/h4H,1-3H3. The van der Waals surface area contributed by atoms with Crippen LogP contribution in [0.2, 0.25) is 0 Å². The number of rotatable bonds is 0. The lowest BCUT2D eigenvalue weighted by Crippen LogP contribution is -2.30. The lowest BCUT2D eigenvalue weighted by atomic mass is 9.93. The minimum atomic E-state index is -0.297. The van der Waals surface area contributed by atoms with E-state index in [2.05, 4.69) is 15.3 Å². The highest BCUT2D eigenvalue weighted by molar-refractivity contribution is 7.14. The van der Waals surface area contributed by atoms with E-state index in [0.29, 0.717) is 10.7 Å². The first-order valence-electron chi connectivity index (χ1n) is 4.20. The molecule has 0 saturated carbocycles. The van der Waals surface area contributed by atoms with Crippen molar-refractivity contribution >= 4 is 16.3 Å². The molecule has 5 nitrogen and oxygen atoms in total. The molecular weight excluding hydrogens is 200 g/mol. The lowest BCUT2D eigenvalue weighted by molar-refractivity contribution is 0.542. The van der Waals surface area contributed by atoms with Crippen molar-refractivity contribution < 1.29 is 0 Å². The monoisotopic (exact) mass is 210 g/mol. The molecular formula is C8H10N4OS. The highest BCUT2D eigenvalue weighted by Gasteiger charge is 2.22. The Morgan fingerprint density at radius 1 is 1.36 bits per heavy atom. The van der Waals surface area contributed by atoms with Gasteiger partial charge in [0.15, 0.2) is 0 Å². The Balaban J connectivity index is 2.81. The Morgan fingerprint density at radius 3 is 2.71 bits per heavy atom. The first kappa shape index (κ1) is 9.26. The van der Waals surface area contributed by atoms with Gasteiger partial charge in [-0.3, -0.25) is 4.79 Å². The number of nitrogens with zero attached hydrogens (tertiary/aromatic N) is 4. The van der Waals surface area contributed by atoms with Crippen molar-refractivity contribution in [1.82, 2.24) is 19.8 Å². The van der Waals surface area contributed by atoms with Crippen molar-refractivity contribution in [3.63, 3.8) is 0 Å². The van der Waals surface area contributed by atoms with Crippen molar-refractivity contribution in [2.24, 2.45) is 0 Å². The molecule has 0 saturated heterocycles. The Kier molecular flexibility index (Phi) is 1.88. The molecule has 0 bridgehead atoms. The van der Waals surface area contributed by atoms with Crippen molar-refractivity contribution in [3.8, 4) is 0 Å². The van der Waals surface area contributed by atoms with Crippen LogP contribution < -0.4 is 5.56 Å². The van der Waals surface area contributed by atoms with E-state index in [0.717, 1.165) is 0 Å². The molecule has 6 heteroatoms. The van der Waals surface area contributed by atoms with Crippen LogP contribution in [-0.4, -0.2) is 19.8 Å². The highest BCUT2D eigenvalue weighted by atomic mass is 32.1. The van der Waals surface area contributed by atoms with Gasteiger partial charge in [0, 0.05) is 5.41 Å². The number of hydrogen-bond acceptors (Lipinski definition) is 5. The van der Waals surface area contributed by atoms with Gasteiger partial charge in [-0.15, -0.1) is 10.2 Å². The molecule has 0 amide bonds. The summed E-state index contributed by atoms with van der Waals surface area (Å²) in [6.07, 6.45) is 0. The number of fused-ring (bicyclic) bond motifs is 1. The lowest BCUT2D eigenvalue weighted by Gasteiger charge is -2.14. The fraction of sp³-hybridized carbons (Fsp3) is 0.500. The molecule has 2 rings (SSSR count). The summed E-state index contributed by atoms with van der Waals surface area (Å²) in [4.78, 5) is 12.4. The molecule has 0 aliphatic rings. The third-order valence-electron chi connectivity index (χ3n) is 1.84. The summed E-state index contributed by atoms with van der Waals surface area (Å²) in [7, 11) is 0. The Morgan fingerprint density at radius 2 is 2.07 bits per heavy atom. The topological polar surface area (TPSA) is 60.1 Å². The second-order valence-corrected chi connectivity index (χ2v) is 4.85. The molecule has 2 heterocycles. The summed E-state index contributed by atoms with van der Waals surface area (Å²) >= 11 is 1.30. The molecule has 0 atom stereocenters. The molecule has 0 N–H and O–H groups in total. The van der Waals surface area contributed by atoms with Gasteiger partial charge in [-0.1, -0.05) is 32.1 Å². The molecule has 0 fully saturated rings. The Bertz CT molecular complexity index is 522. The quantitative estimate of drug-likeness (QED) is 0.646. The van der Waals surface area contributed by atoms with Gasteiger partial charge in [-0.2, -0.15) is 9.61 Å². The molecule has 2 aromatic heterocycles. The van der Waals surface area contributed by atoms with Crippen molar-refractivity contribution in [1.29, 1.82) is 0 Å². The fourth-order valence-corrected chi connectivity index (χ4v) is 1.68. The minimum absolute atomic E-state index is 0.177. The molecule has 2 aromatic rings. The maximum absolute atomic E-state index is 11.8. The zero-order valence-electron chi connectivity index (χ0n) is 8.18. The van der Waals surface area contributed by atoms with Crippen LogP contribution in [-0.2, 0) is 5.41 Å². The van der Waals surface area contributed by atoms with Crippen LogP contribution in [0.25, 0.3) is 4.96 Å². The van der Waals surface area contributed by atoms with E-state index in [1.807, 2.05) is 20.8 Å². The first-order chi connectivity index (χ1) is 6.50. The predicted octanol–water partition coefficient (Wildman–Crippen LogP) is 0.843. The second kappa shape index (κ2) is 2.84. The zero-order valence-corrected chi connectivity index (χ0v) is 9.00. The van der Waals surface area contributed by atoms with E-state index in [1.165, 1.54) is 15.9 Å². The van der Waals surface area contributed by atoms with Gasteiger partial charge in [-0.05, 0) is 0 Å². The van der Waals surface area contributed by atoms with Crippen LogP contribution in [0.3, 0.4) is 0 Å². The average Bonchev–Trinajstić information content (AvgIpc) is 2.50. The van der Waals surface area contributed by atoms with E-state index < -0.39 is 0 Å². The normalized spacial score (nSPS) is 12.2. The van der Waals surface area contributed by atoms with Crippen LogP contribution in [0.1, 0.15) is 26.5 Å². The summed E-state index contributed by atoms with van der Waals surface area (Å²) in [5, 5.41) is 11.8. The Hall–Kier alpha value is -1.30. The molecule has 0 aliphatic heterocycles. The van der Waals surface area contributed by atoms with Crippen molar-refractivity contribution in [2.75, 3.05) is 0 Å². The molecule has 0 unspecified atom stereocenters. The average molecular weight is 210 g/mol. The van der Waals surface area contributed by atoms with Gasteiger partial charge in [0.1, 0.15) is 11.2 Å². The Labute approximate surface area is 84.4 Å². The van der Waals surface area contributed by atoms with Gasteiger partial charge < -0.3 is 0 Å². The molecule has 74 valence electrons. The van der Waals surface area contributed by atoms with Crippen LogP contribution in [0.15, 0.2) is 10.3 Å². The molecule has 0 spiro atoms. The third kappa shape index (κ3) is 1.31. The summed E-state index contributed by atoms with van der Waals surface area (Å²) in [5.74, 6) is 0. The van der Waals surface area contributed by atoms with E-state index in [9.17, 15) is 4.79 Å². The maximum Gasteiger partial charge on any atom is 0.297 e. The van der Waals surface area contributed by atoms with Crippen LogP contribution in [0, 0.1) is 0 Å². The van der Waals surface area contributed by atoms with Crippen LogP contribution in [0.5, 0.6) is 0 Å². The van der Waals surface area contributed by atoms with Gasteiger partial charge >= 0.3 is 0 Å². The molecule has 14 heavy (non-hydrogen) atoms. The van der Waals surface area contributed by atoms with Gasteiger partial charge in [0.2, 0.25) is 4.96 Å². The van der Waals surface area contributed by atoms with Gasteiger partial charge in [-0.25, -0.2) is 0 Å². The van der Waals surface area contributed by atoms with E-state index in [4.69, 9.17) is 0 Å². The number of hydrogen-bond donors (Lipinski definition) is 0. The van der Waals surface area contributed by atoms with Gasteiger partial charge in [0.25, 0.3) is 5.56 Å². The van der Waals surface area contributed by atoms with Gasteiger partial charge in [0.05, 0.1) is 0 Å². The summed E-state index contributed by atoms with van der Waals surface area (Å²) in [6.45, 7) is 5.78. The largest absolute Gasteiger partial charge is 0.297 e. The van der Waals surface area contributed by atoms with E-state index >= 15 is 0 Å². The van der Waals surface area contributed by atoms with Crippen LogP contribution in [0.4, 0.5) is 0 Å². The zero-order chi connectivity index (χ0) is 10.3. The van der Waals surface area contributed by atoms with E-state index in [-0.39, 0.29) is 11.0 Å². The second-order valence-electron chi connectivity index (χ2n) is 4.04. The first-order valence-corrected chi connectivity index (χ1v) is 5.08. The summed E-state index contributed by atoms with van der Waals surface area (Å²) in [6, 6.07) is 0. The van der Waals surface area contributed by atoms with E-state index in [1.54, 1.807) is 5.51 Å². The smallest absolute Gasteiger partial charge is 0.265 e. The third-order valence-corrected chi connectivity index (χ3v) is 2.51. The summed E-state index contributed by atoms with van der Waals surface area (Å²) < 4.78 is 1.29. The molecule has 0 aromatic carbocycles. The minimum Gasteiger partial charge on any atom is -0.265 e. The predicted molar refractivity (Wildman–Crippen MR) is 53.6 cm³/mol. The van der Waals surface area contributed by atoms with Crippen molar-refractivity contribution in [2.45, 2.75) is 26.2 Å². The SMILES string of the molecule is CC(C)(C)c1nnc2scnn2c1=O. The maximum atomic E-state index is 11.8. The summed E-state index contributed by atoms with van der Waals surface area (Å²) in [5.41, 5.74) is 1.55. The molecule has 0 radical (unpaired) electrons. The fourth-order valence-electron chi connectivity index (χ4n) is 1.13. The highest BCUT2D eigenvalue weighted by Crippen LogP contribution is 2.15. The molecule has 0 aliphatic carbocycles. The van der Waals surface area contributed by atoms with Crippen molar-refractivity contribution in [3.05, 3.63) is 21.6 Å². The van der Waals surface area contributed by atoms with Crippen LogP contribution >= 0.6 is 11.3 Å².